The minimum atomic E-state index is -0.0461. The van der Waals surface area contributed by atoms with Gasteiger partial charge in [0.05, 0.1) is 29.4 Å². The predicted molar refractivity (Wildman–Crippen MR) is 118 cm³/mol. The zero-order valence-corrected chi connectivity index (χ0v) is 17.3. The van der Waals surface area contributed by atoms with E-state index >= 15 is 0 Å². The molecule has 1 aliphatic rings. The van der Waals surface area contributed by atoms with Crippen molar-refractivity contribution in [1.29, 1.82) is 0 Å². The van der Waals surface area contributed by atoms with Crippen LogP contribution in [0.3, 0.4) is 0 Å². The summed E-state index contributed by atoms with van der Waals surface area (Å²) in [7, 11) is 0. The molecule has 3 heterocycles. The summed E-state index contributed by atoms with van der Waals surface area (Å²) in [5.74, 6) is -0.0461. The standard InChI is InChI=1S/C23H22N4O2S/c28-22(18-10-8-17(9-11-18)15-26-13-4-12-24-26)27(16-19-5-3-14-29-19)23-25-20-6-1-2-7-21(20)30-23/h1-2,4,6-13,19H,3,5,14-16H2. The number of ether oxygens (including phenoxy) is 1. The Hall–Kier alpha value is -3.03. The van der Waals surface area contributed by atoms with E-state index in [1.165, 1.54) is 0 Å². The molecule has 2 aromatic carbocycles. The molecule has 5 rings (SSSR count). The van der Waals surface area contributed by atoms with Crippen LogP contribution in [0.2, 0.25) is 0 Å². The molecule has 1 fully saturated rings. The van der Waals surface area contributed by atoms with Crippen molar-refractivity contribution in [2.45, 2.75) is 25.5 Å². The molecule has 7 heteroatoms. The van der Waals surface area contributed by atoms with Gasteiger partial charge in [0.15, 0.2) is 5.13 Å². The average Bonchev–Trinajstić information content (AvgIpc) is 3.53. The van der Waals surface area contributed by atoms with E-state index in [2.05, 4.69) is 5.10 Å². The second-order valence-electron chi connectivity index (χ2n) is 7.42. The highest BCUT2D eigenvalue weighted by Gasteiger charge is 2.27. The van der Waals surface area contributed by atoms with Crippen LogP contribution in [0, 0.1) is 0 Å². The monoisotopic (exact) mass is 418 g/mol. The van der Waals surface area contributed by atoms with Crippen molar-refractivity contribution < 1.29 is 9.53 Å². The van der Waals surface area contributed by atoms with Crippen LogP contribution < -0.4 is 4.90 Å². The smallest absolute Gasteiger partial charge is 0.260 e. The number of fused-ring (bicyclic) bond motifs is 1. The number of hydrogen-bond acceptors (Lipinski definition) is 5. The number of amides is 1. The molecule has 0 aliphatic carbocycles. The summed E-state index contributed by atoms with van der Waals surface area (Å²) in [6, 6.07) is 17.6. The van der Waals surface area contributed by atoms with Crippen molar-refractivity contribution in [2.24, 2.45) is 0 Å². The number of hydrogen-bond donors (Lipinski definition) is 0. The largest absolute Gasteiger partial charge is 0.376 e. The quantitative estimate of drug-likeness (QED) is 0.467. The molecule has 0 N–H and O–H groups in total. The van der Waals surface area contributed by atoms with E-state index in [1.54, 1.807) is 22.4 Å². The van der Waals surface area contributed by atoms with Crippen LogP contribution in [0.1, 0.15) is 28.8 Å². The van der Waals surface area contributed by atoms with E-state index in [-0.39, 0.29) is 12.0 Å². The molecule has 30 heavy (non-hydrogen) atoms. The maximum Gasteiger partial charge on any atom is 0.260 e. The molecular formula is C23H22N4O2S. The molecule has 2 aromatic heterocycles. The second kappa shape index (κ2) is 8.38. The molecule has 4 aromatic rings. The highest BCUT2D eigenvalue weighted by atomic mass is 32.1. The van der Waals surface area contributed by atoms with Gasteiger partial charge in [-0.3, -0.25) is 14.4 Å². The van der Waals surface area contributed by atoms with Gasteiger partial charge in [-0.1, -0.05) is 35.6 Å². The van der Waals surface area contributed by atoms with Gasteiger partial charge in [0, 0.05) is 24.6 Å². The number of carbonyl (C=O) groups is 1. The van der Waals surface area contributed by atoms with Crippen molar-refractivity contribution in [3.8, 4) is 0 Å². The summed E-state index contributed by atoms with van der Waals surface area (Å²) in [5.41, 5.74) is 2.66. The first-order valence-corrected chi connectivity index (χ1v) is 10.9. The van der Waals surface area contributed by atoms with E-state index in [0.717, 1.165) is 40.4 Å². The van der Waals surface area contributed by atoms with Crippen LogP contribution in [0.5, 0.6) is 0 Å². The maximum absolute atomic E-state index is 13.5. The Morgan fingerprint density at radius 2 is 2.03 bits per heavy atom. The van der Waals surface area contributed by atoms with E-state index < -0.39 is 0 Å². The third-order valence-electron chi connectivity index (χ3n) is 5.27. The second-order valence-corrected chi connectivity index (χ2v) is 8.42. The van der Waals surface area contributed by atoms with E-state index in [1.807, 2.05) is 65.5 Å². The van der Waals surface area contributed by atoms with Crippen LogP contribution in [-0.4, -0.2) is 39.9 Å². The molecule has 1 aliphatic heterocycles. The number of benzene rings is 2. The van der Waals surface area contributed by atoms with Crippen LogP contribution >= 0.6 is 11.3 Å². The van der Waals surface area contributed by atoms with Gasteiger partial charge in [-0.05, 0) is 48.7 Å². The molecule has 1 atom stereocenters. The number of carbonyl (C=O) groups excluding carboxylic acids is 1. The number of para-hydroxylation sites is 1. The first kappa shape index (κ1) is 19.0. The summed E-state index contributed by atoms with van der Waals surface area (Å²) in [4.78, 5) is 20.0. The summed E-state index contributed by atoms with van der Waals surface area (Å²) in [5, 5.41) is 4.96. The molecule has 6 nitrogen and oxygen atoms in total. The zero-order valence-electron chi connectivity index (χ0n) is 16.5. The third-order valence-corrected chi connectivity index (χ3v) is 6.33. The fourth-order valence-electron chi connectivity index (χ4n) is 3.70. The molecule has 0 saturated carbocycles. The Balaban J connectivity index is 1.41. The van der Waals surface area contributed by atoms with Gasteiger partial charge in [-0.15, -0.1) is 0 Å². The minimum Gasteiger partial charge on any atom is -0.376 e. The Kier molecular flexibility index (Phi) is 5.29. The van der Waals surface area contributed by atoms with Gasteiger partial charge in [0.25, 0.3) is 5.91 Å². The van der Waals surface area contributed by atoms with Gasteiger partial charge in [-0.25, -0.2) is 4.98 Å². The van der Waals surface area contributed by atoms with Crippen molar-refractivity contribution >= 4 is 32.6 Å². The zero-order chi connectivity index (χ0) is 20.3. The minimum absolute atomic E-state index is 0.0461. The highest BCUT2D eigenvalue weighted by molar-refractivity contribution is 7.22. The van der Waals surface area contributed by atoms with Crippen molar-refractivity contribution in [1.82, 2.24) is 14.8 Å². The van der Waals surface area contributed by atoms with Gasteiger partial charge in [-0.2, -0.15) is 5.10 Å². The SMILES string of the molecule is O=C(c1ccc(Cn2cccn2)cc1)N(CC1CCCO1)c1nc2ccccc2s1. The molecular weight excluding hydrogens is 396 g/mol. The Labute approximate surface area is 178 Å². The molecule has 1 unspecified atom stereocenters. The van der Waals surface area contributed by atoms with Gasteiger partial charge >= 0.3 is 0 Å². The maximum atomic E-state index is 13.5. The summed E-state index contributed by atoms with van der Waals surface area (Å²) < 4.78 is 8.76. The third kappa shape index (κ3) is 3.99. The highest BCUT2D eigenvalue weighted by Crippen LogP contribution is 2.30. The Bertz CT molecular complexity index is 1100. The number of rotatable bonds is 6. The lowest BCUT2D eigenvalue weighted by atomic mass is 10.1. The molecule has 1 amide bonds. The number of nitrogens with zero attached hydrogens (tertiary/aromatic N) is 4. The lowest BCUT2D eigenvalue weighted by Gasteiger charge is -2.23. The number of thiazole rings is 1. The topological polar surface area (TPSA) is 60.2 Å². The molecule has 0 radical (unpaired) electrons. The summed E-state index contributed by atoms with van der Waals surface area (Å²) >= 11 is 1.54. The van der Waals surface area contributed by atoms with Crippen LogP contribution in [0.15, 0.2) is 67.0 Å². The van der Waals surface area contributed by atoms with E-state index in [0.29, 0.717) is 18.7 Å². The summed E-state index contributed by atoms with van der Waals surface area (Å²) in [6.45, 7) is 1.96. The van der Waals surface area contributed by atoms with Crippen LogP contribution in [0.4, 0.5) is 5.13 Å². The first-order valence-electron chi connectivity index (χ1n) is 10.1. The Morgan fingerprint density at radius 1 is 1.17 bits per heavy atom. The van der Waals surface area contributed by atoms with Crippen molar-refractivity contribution in [2.75, 3.05) is 18.1 Å². The first-order chi connectivity index (χ1) is 14.8. The van der Waals surface area contributed by atoms with Gasteiger partial charge in [0.1, 0.15) is 0 Å². The predicted octanol–water partition coefficient (Wildman–Crippen LogP) is 4.37. The summed E-state index contributed by atoms with van der Waals surface area (Å²) in [6.07, 6.45) is 5.75. The number of anilines is 1. The molecule has 0 bridgehead atoms. The normalized spacial score (nSPS) is 16.2. The average molecular weight is 419 g/mol. The Morgan fingerprint density at radius 3 is 2.77 bits per heavy atom. The van der Waals surface area contributed by atoms with Gasteiger partial charge in [0.2, 0.25) is 0 Å². The lowest BCUT2D eigenvalue weighted by Crippen LogP contribution is -2.37. The van der Waals surface area contributed by atoms with Crippen LogP contribution in [-0.2, 0) is 11.3 Å². The fraction of sp³-hybridized carbons (Fsp3) is 0.261. The van der Waals surface area contributed by atoms with Gasteiger partial charge < -0.3 is 4.74 Å². The van der Waals surface area contributed by atoms with Crippen molar-refractivity contribution in [3.63, 3.8) is 0 Å². The molecule has 0 spiro atoms. The van der Waals surface area contributed by atoms with E-state index in [9.17, 15) is 4.79 Å². The van der Waals surface area contributed by atoms with E-state index in [4.69, 9.17) is 9.72 Å². The van der Waals surface area contributed by atoms with Crippen molar-refractivity contribution in [3.05, 3.63) is 78.1 Å². The lowest BCUT2D eigenvalue weighted by molar-refractivity contribution is 0.0917. The number of aromatic nitrogens is 3. The molecule has 1 saturated heterocycles. The fourth-order valence-corrected chi connectivity index (χ4v) is 4.68. The van der Waals surface area contributed by atoms with Crippen LogP contribution in [0.25, 0.3) is 10.2 Å². The molecule has 152 valence electrons.